The van der Waals surface area contributed by atoms with Crippen LogP contribution in [-0.4, -0.2) is 45.6 Å². The van der Waals surface area contributed by atoms with Gasteiger partial charge in [-0.15, -0.1) is 0 Å². The molecule has 2 heterocycles. The van der Waals surface area contributed by atoms with Crippen LogP contribution in [-0.2, 0) is 9.53 Å². The summed E-state index contributed by atoms with van der Waals surface area (Å²) in [5.74, 6) is 1.58. The van der Waals surface area contributed by atoms with Gasteiger partial charge in [-0.25, -0.2) is 9.79 Å². The lowest BCUT2D eigenvalue weighted by Crippen LogP contribution is -2.40. The number of allylic oxidation sites excluding steroid dienone is 1. The predicted molar refractivity (Wildman–Crippen MR) is 144 cm³/mol. The number of ether oxygens (including phenoxy) is 5. The maximum Gasteiger partial charge on any atom is 0.338 e. The van der Waals surface area contributed by atoms with Crippen molar-refractivity contribution in [2.75, 3.05) is 35.0 Å². The number of hydrogen-bond donors (Lipinski definition) is 0. The summed E-state index contributed by atoms with van der Waals surface area (Å²) in [7, 11) is 6.18. The van der Waals surface area contributed by atoms with Gasteiger partial charge in [-0.1, -0.05) is 30.1 Å². The van der Waals surface area contributed by atoms with Crippen LogP contribution in [0, 0.1) is 0 Å². The number of rotatable bonds is 9. The second-order valence-electron chi connectivity index (χ2n) is 8.19. The van der Waals surface area contributed by atoms with E-state index in [0.29, 0.717) is 49.2 Å². The van der Waals surface area contributed by atoms with Crippen LogP contribution in [0.3, 0.4) is 0 Å². The summed E-state index contributed by atoms with van der Waals surface area (Å²) in [5, 5.41) is 0. The lowest BCUT2D eigenvalue weighted by molar-refractivity contribution is -0.138. The van der Waals surface area contributed by atoms with Crippen LogP contribution in [0.2, 0.25) is 0 Å². The number of carbonyl (C=O) groups excluding carboxylic acids is 1. The molecule has 0 aliphatic carbocycles. The van der Waals surface area contributed by atoms with Crippen LogP contribution in [0.25, 0.3) is 6.08 Å². The van der Waals surface area contributed by atoms with Gasteiger partial charge in [-0.3, -0.25) is 9.36 Å². The summed E-state index contributed by atoms with van der Waals surface area (Å²) in [6.07, 6.45) is 3.22. The SMILES string of the molecule is C=CCOC(=O)C1=C(C)N=c2s/c(=C\c3ccc(OC)cc3OC)c(=O)n2C1c1ccc(OC)c(OC)c1. The van der Waals surface area contributed by atoms with E-state index < -0.39 is 12.0 Å². The van der Waals surface area contributed by atoms with Gasteiger partial charge in [0.1, 0.15) is 18.1 Å². The number of esters is 1. The van der Waals surface area contributed by atoms with Crippen molar-refractivity contribution in [2.45, 2.75) is 13.0 Å². The van der Waals surface area contributed by atoms with Crippen molar-refractivity contribution >= 4 is 23.4 Å². The standard InChI is InChI=1S/C28H28N2O7S/c1-7-12-37-27(32)24-16(2)29-28-30(25(24)18-9-11-20(34-4)22(13-18)36-6)26(31)23(38-28)14-17-8-10-19(33-3)15-21(17)35-5/h7-11,13-15,25H,1,12H2,2-6H3/b23-14-. The Morgan fingerprint density at radius 3 is 2.42 bits per heavy atom. The van der Waals surface area contributed by atoms with Crippen LogP contribution in [0.15, 0.2) is 70.1 Å². The molecule has 1 atom stereocenters. The Bertz CT molecular complexity index is 1600. The molecule has 38 heavy (non-hydrogen) atoms. The van der Waals surface area contributed by atoms with Crippen LogP contribution in [0.5, 0.6) is 23.0 Å². The number of carbonyl (C=O) groups is 1. The van der Waals surface area contributed by atoms with Gasteiger partial charge in [-0.2, -0.15) is 0 Å². The van der Waals surface area contributed by atoms with Crippen molar-refractivity contribution < 1.29 is 28.5 Å². The molecule has 2 aromatic carbocycles. The van der Waals surface area contributed by atoms with Gasteiger partial charge in [-0.05, 0) is 42.8 Å². The van der Waals surface area contributed by atoms with Crippen LogP contribution < -0.4 is 33.8 Å². The third-order valence-corrected chi connectivity index (χ3v) is 7.01. The van der Waals surface area contributed by atoms with E-state index in [2.05, 4.69) is 11.6 Å². The van der Waals surface area contributed by atoms with E-state index in [-0.39, 0.29) is 17.7 Å². The molecule has 0 spiro atoms. The monoisotopic (exact) mass is 536 g/mol. The average Bonchev–Trinajstić information content (AvgIpc) is 3.24. The summed E-state index contributed by atoms with van der Waals surface area (Å²) in [4.78, 5) is 32.1. The van der Waals surface area contributed by atoms with Gasteiger partial charge in [0.2, 0.25) is 0 Å². The van der Waals surface area contributed by atoms with E-state index in [9.17, 15) is 9.59 Å². The number of thiazole rings is 1. The highest BCUT2D eigenvalue weighted by Gasteiger charge is 2.34. The fourth-order valence-electron chi connectivity index (χ4n) is 4.21. The third-order valence-electron chi connectivity index (χ3n) is 6.02. The van der Waals surface area contributed by atoms with Crippen molar-refractivity contribution in [2.24, 2.45) is 4.99 Å². The Morgan fingerprint density at radius 1 is 1.03 bits per heavy atom. The molecule has 4 rings (SSSR count). The Kier molecular flexibility index (Phi) is 8.02. The lowest BCUT2D eigenvalue weighted by Gasteiger charge is -2.25. The number of nitrogens with zero attached hydrogens (tertiary/aromatic N) is 2. The molecule has 1 aliphatic rings. The smallest absolute Gasteiger partial charge is 0.338 e. The molecule has 1 unspecified atom stereocenters. The summed E-state index contributed by atoms with van der Waals surface area (Å²) in [6.45, 7) is 5.36. The van der Waals surface area contributed by atoms with Crippen molar-refractivity contribution in [3.05, 3.63) is 91.1 Å². The van der Waals surface area contributed by atoms with Gasteiger partial charge >= 0.3 is 5.97 Å². The predicted octanol–water partition coefficient (Wildman–Crippen LogP) is 3.00. The first-order valence-electron chi connectivity index (χ1n) is 11.6. The Hall–Kier alpha value is -4.31. The fraction of sp³-hybridized carbons (Fsp3) is 0.250. The maximum absolute atomic E-state index is 13.9. The molecule has 0 bridgehead atoms. The maximum atomic E-state index is 13.9. The minimum Gasteiger partial charge on any atom is -0.497 e. The van der Waals surface area contributed by atoms with E-state index in [1.807, 2.05) is 6.07 Å². The molecule has 0 radical (unpaired) electrons. The summed E-state index contributed by atoms with van der Waals surface area (Å²) >= 11 is 1.22. The molecular weight excluding hydrogens is 508 g/mol. The molecule has 9 nitrogen and oxygen atoms in total. The van der Waals surface area contributed by atoms with Crippen LogP contribution in [0.4, 0.5) is 0 Å². The molecule has 198 valence electrons. The molecule has 1 aliphatic heterocycles. The number of hydrogen-bond acceptors (Lipinski definition) is 9. The molecule has 3 aromatic rings. The van der Waals surface area contributed by atoms with Gasteiger partial charge < -0.3 is 23.7 Å². The highest BCUT2D eigenvalue weighted by Crippen LogP contribution is 2.36. The lowest BCUT2D eigenvalue weighted by atomic mass is 9.95. The van der Waals surface area contributed by atoms with Crippen LogP contribution in [0.1, 0.15) is 24.1 Å². The normalized spacial score (nSPS) is 14.9. The quantitative estimate of drug-likeness (QED) is 0.306. The average molecular weight is 537 g/mol. The van der Waals surface area contributed by atoms with Gasteiger partial charge in [0, 0.05) is 11.6 Å². The highest BCUT2D eigenvalue weighted by atomic mass is 32.1. The van der Waals surface area contributed by atoms with Gasteiger partial charge in [0.25, 0.3) is 5.56 Å². The minimum absolute atomic E-state index is 0.0238. The number of fused-ring (bicyclic) bond motifs is 1. The zero-order valence-corrected chi connectivity index (χ0v) is 22.6. The first kappa shape index (κ1) is 26.7. The van der Waals surface area contributed by atoms with E-state index in [4.69, 9.17) is 23.7 Å². The van der Waals surface area contributed by atoms with Crippen LogP contribution >= 0.6 is 11.3 Å². The number of methoxy groups -OCH3 is 4. The largest absolute Gasteiger partial charge is 0.497 e. The fourth-order valence-corrected chi connectivity index (χ4v) is 5.25. The third kappa shape index (κ3) is 4.95. The zero-order chi connectivity index (χ0) is 27.4. The van der Waals surface area contributed by atoms with E-state index in [0.717, 1.165) is 0 Å². The van der Waals surface area contributed by atoms with E-state index >= 15 is 0 Å². The Balaban J connectivity index is 1.96. The zero-order valence-electron chi connectivity index (χ0n) is 21.8. The molecule has 0 saturated heterocycles. The highest BCUT2D eigenvalue weighted by molar-refractivity contribution is 7.07. The van der Waals surface area contributed by atoms with Crippen molar-refractivity contribution in [1.29, 1.82) is 0 Å². The molecule has 0 fully saturated rings. The van der Waals surface area contributed by atoms with Gasteiger partial charge in [0.15, 0.2) is 16.3 Å². The van der Waals surface area contributed by atoms with E-state index in [1.165, 1.54) is 36.2 Å². The summed E-state index contributed by atoms with van der Waals surface area (Å²) in [6, 6.07) is 9.80. The first-order valence-corrected chi connectivity index (χ1v) is 12.4. The molecule has 1 aromatic heterocycles. The number of aromatic nitrogens is 1. The van der Waals surface area contributed by atoms with Gasteiger partial charge in [0.05, 0.1) is 50.3 Å². The topological polar surface area (TPSA) is 97.6 Å². The van der Waals surface area contributed by atoms with Crippen molar-refractivity contribution in [3.63, 3.8) is 0 Å². The summed E-state index contributed by atoms with van der Waals surface area (Å²) in [5.41, 5.74) is 1.72. The summed E-state index contributed by atoms with van der Waals surface area (Å²) < 4.78 is 29.0. The first-order chi connectivity index (χ1) is 18.4. The molecule has 10 heteroatoms. The molecule has 0 amide bonds. The van der Waals surface area contributed by atoms with Crippen molar-refractivity contribution in [3.8, 4) is 23.0 Å². The molecule has 0 N–H and O–H groups in total. The number of benzene rings is 2. The Morgan fingerprint density at radius 2 is 1.76 bits per heavy atom. The molecule has 0 saturated carbocycles. The Labute approximate surface area is 223 Å². The van der Waals surface area contributed by atoms with Crippen molar-refractivity contribution in [1.82, 2.24) is 4.57 Å². The minimum atomic E-state index is -0.803. The van der Waals surface area contributed by atoms with E-state index in [1.54, 1.807) is 57.6 Å². The second kappa shape index (κ2) is 11.4. The second-order valence-corrected chi connectivity index (χ2v) is 9.20. The molecular formula is C28H28N2O7S.